The molecule has 6 heteroatoms. The Hall–Kier alpha value is -1.53. The van der Waals surface area contributed by atoms with Crippen LogP contribution in [0.15, 0.2) is 18.5 Å². The SMILES string of the molecule is NC1(C(=O)Nc2ccncc2F)CCOC1. The van der Waals surface area contributed by atoms with Gasteiger partial charge in [0.05, 0.1) is 18.5 Å². The largest absolute Gasteiger partial charge is 0.379 e. The summed E-state index contributed by atoms with van der Waals surface area (Å²) < 4.78 is 18.3. The summed E-state index contributed by atoms with van der Waals surface area (Å²) in [6.07, 6.45) is 2.86. The molecule has 2 rings (SSSR count). The molecule has 1 fully saturated rings. The molecule has 1 aliphatic rings. The molecule has 2 heterocycles. The predicted octanol–water partition coefficient (Wildman–Crippen LogP) is 0.277. The van der Waals surface area contributed by atoms with E-state index in [-0.39, 0.29) is 12.3 Å². The third-order valence-electron chi connectivity index (χ3n) is 2.52. The first-order valence-corrected chi connectivity index (χ1v) is 4.89. The maximum absolute atomic E-state index is 13.2. The van der Waals surface area contributed by atoms with Crippen molar-refractivity contribution in [2.75, 3.05) is 18.5 Å². The number of carbonyl (C=O) groups is 1. The fourth-order valence-corrected chi connectivity index (χ4v) is 1.48. The van der Waals surface area contributed by atoms with Gasteiger partial charge < -0.3 is 15.8 Å². The average molecular weight is 225 g/mol. The molecule has 1 aromatic heterocycles. The van der Waals surface area contributed by atoms with Gasteiger partial charge in [-0.15, -0.1) is 0 Å². The van der Waals surface area contributed by atoms with Gasteiger partial charge in [-0.1, -0.05) is 0 Å². The number of hydrogen-bond acceptors (Lipinski definition) is 4. The molecule has 0 radical (unpaired) electrons. The van der Waals surface area contributed by atoms with Crippen LogP contribution < -0.4 is 11.1 Å². The summed E-state index contributed by atoms with van der Waals surface area (Å²) in [5, 5.41) is 2.43. The summed E-state index contributed by atoms with van der Waals surface area (Å²) in [7, 11) is 0. The van der Waals surface area contributed by atoms with Gasteiger partial charge >= 0.3 is 0 Å². The number of amides is 1. The van der Waals surface area contributed by atoms with Crippen molar-refractivity contribution in [1.29, 1.82) is 0 Å². The predicted molar refractivity (Wildman–Crippen MR) is 55.2 cm³/mol. The highest BCUT2D eigenvalue weighted by atomic mass is 19.1. The molecule has 0 spiro atoms. The summed E-state index contributed by atoms with van der Waals surface area (Å²) >= 11 is 0. The Morgan fingerprint density at radius 3 is 3.12 bits per heavy atom. The number of nitrogens with one attached hydrogen (secondary N) is 1. The lowest BCUT2D eigenvalue weighted by Crippen LogP contribution is -2.51. The second-order valence-corrected chi connectivity index (χ2v) is 3.77. The summed E-state index contributed by atoms with van der Waals surface area (Å²) in [5.41, 5.74) is 4.85. The number of nitrogens with zero attached hydrogens (tertiary/aromatic N) is 1. The number of pyridine rings is 1. The second kappa shape index (κ2) is 4.15. The third kappa shape index (κ3) is 2.02. The van der Waals surface area contributed by atoms with Gasteiger partial charge in [0.25, 0.3) is 0 Å². The highest BCUT2D eigenvalue weighted by molar-refractivity contribution is 5.98. The van der Waals surface area contributed by atoms with Gasteiger partial charge in [-0.3, -0.25) is 9.78 Å². The van der Waals surface area contributed by atoms with Crippen molar-refractivity contribution in [3.8, 4) is 0 Å². The quantitative estimate of drug-likeness (QED) is 0.757. The summed E-state index contributed by atoms with van der Waals surface area (Å²) in [4.78, 5) is 15.4. The van der Waals surface area contributed by atoms with E-state index in [9.17, 15) is 9.18 Å². The van der Waals surface area contributed by atoms with Crippen LogP contribution in [0, 0.1) is 5.82 Å². The Morgan fingerprint density at radius 1 is 1.69 bits per heavy atom. The lowest BCUT2D eigenvalue weighted by Gasteiger charge is -2.20. The van der Waals surface area contributed by atoms with Crippen molar-refractivity contribution >= 4 is 11.6 Å². The number of halogens is 1. The first-order valence-electron chi connectivity index (χ1n) is 4.89. The van der Waals surface area contributed by atoms with Crippen LogP contribution in [0.5, 0.6) is 0 Å². The first-order chi connectivity index (χ1) is 7.62. The maximum Gasteiger partial charge on any atom is 0.247 e. The standard InChI is InChI=1S/C10H12FN3O2/c11-7-5-13-3-1-8(7)14-9(15)10(12)2-4-16-6-10/h1,3,5H,2,4,6,12H2,(H,13,14,15). The van der Waals surface area contributed by atoms with Gasteiger partial charge in [0.2, 0.25) is 5.91 Å². The number of anilines is 1. The molecule has 3 N–H and O–H groups in total. The van der Waals surface area contributed by atoms with E-state index in [0.717, 1.165) is 6.20 Å². The number of aromatic nitrogens is 1. The molecular formula is C10H12FN3O2. The number of nitrogens with two attached hydrogens (primary N) is 1. The summed E-state index contributed by atoms with van der Waals surface area (Å²) in [6, 6.07) is 1.38. The highest BCUT2D eigenvalue weighted by Gasteiger charge is 2.38. The van der Waals surface area contributed by atoms with Gasteiger partial charge in [-0.2, -0.15) is 0 Å². The first kappa shape index (κ1) is 11.0. The molecule has 5 nitrogen and oxygen atoms in total. The molecule has 16 heavy (non-hydrogen) atoms. The monoisotopic (exact) mass is 225 g/mol. The van der Waals surface area contributed by atoms with Crippen molar-refractivity contribution in [3.63, 3.8) is 0 Å². The van der Waals surface area contributed by atoms with Crippen LogP contribution in [-0.2, 0) is 9.53 Å². The molecule has 1 atom stereocenters. The lowest BCUT2D eigenvalue weighted by atomic mass is 9.99. The molecule has 1 saturated heterocycles. The maximum atomic E-state index is 13.2. The Bertz CT molecular complexity index is 405. The number of carbonyl (C=O) groups excluding carboxylic acids is 1. The lowest BCUT2D eigenvalue weighted by molar-refractivity contribution is -0.121. The fraction of sp³-hybridized carbons (Fsp3) is 0.400. The van der Waals surface area contributed by atoms with Gasteiger partial charge in [0, 0.05) is 12.8 Å². The van der Waals surface area contributed by atoms with Gasteiger partial charge in [-0.25, -0.2) is 4.39 Å². The van der Waals surface area contributed by atoms with Crippen molar-refractivity contribution < 1.29 is 13.9 Å². The minimum absolute atomic E-state index is 0.0803. The third-order valence-corrected chi connectivity index (χ3v) is 2.52. The van der Waals surface area contributed by atoms with Crippen LogP contribution in [0.2, 0.25) is 0 Å². The van der Waals surface area contributed by atoms with Crippen molar-refractivity contribution in [1.82, 2.24) is 4.98 Å². The van der Waals surface area contributed by atoms with Crippen molar-refractivity contribution in [2.24, 2.45) is 5.73 Å². The Balaban J connectivity index is 2.10. The Morgan fingerprint density at radius 2 is 2.50 bits per heavy atom. The number of hydrogen-bond donors (Lipinski definition) is 2. The molecule has 86 valence electrons. The minimum atomic E-state index is -1.06. The molecule has 1 aliphatic heterocycles. The molecule has 0 aromatic carbocycles. The van der Waals surface area contributed by atoms with Crippen LogP contribution in [0.4, 0.5) is 10.1 Å². The molecule has 0 saturated carbocycles. The van der Waals surface area contributed by atoms with Gasteiger partial charge in [0.15, 0.2) is 5.82 Å². The van der Waals surface area contributed by atoms with Crippen LogP contribution in [0.1, 0.15) is 6.42 Å². The number of rotatable bonds is 2. The topological polar surface area (TPSA) is 77.2 Å². The molecule has 1 amide bonds. The Labute approximate surface area is 91.8 Å². The smallest absolute Gasteiger partial charge is 0.247 e. The van der Waals surface area contributed by atoms with Crippen LogP contribution in [0.25, 0.3) is 0 Å². The minimum Gasteiger partial charge on any atom is -0.379 e. The van der Waals surface area contributed by atoms with E-state index in [2.05, 4.69) is 10.3 Å². The number of ether oxygens (including phenoxy) is 1. The summed E-state index contributed by atoms with van der Waals surface area (Å²) in [6.45, 7) is 0.605. The average Bonchev–Trinajstić information content (AvgIpc) is 2.70. The van der Waals surface area contributed by atoms with Crippen molar-refractivity contribution in [2.45, 2.75) is 12.0 Å². The van der Waals surface area contributed by atoms with Crippen LogP contribution >= 0.6 is 0 Å². The fourth-order valence-electron chi connectivity index (χ4n) is 1.48. The van der Waals surface area contributed by atoms with E-state index in [1.54, 1.807) is 0 Å². The summed E-state index contributed by atoms with van der Waals surface area (Å²) in [5.74, 6) is -1.02. The molecule has 0 aliphatic carbocycles. The van der Waals surface area contributed by atoms with E-state index in [1.165, 1.54) is 12.3 Å². The zero-order valence-electron chi connectivity index (χ0n) is 8.57. The second-order valence-electron chi connectivity index (χ2n) is 3.77. The molecule has 1 unspecified atom stereocenters. The normalized spacial score (nSPS) is 24.4. The van der Waals surface area contributed by atoms with E-state index in [1.807, 2.05) is 0 Å². The molecular weight excluding hydrogens is 213 g/mol. The van der Waals surface area contributed by atoms with Crippen molar-refractivity contribution in [3.05, 3.63) is 24.3 Å². The van der Waals surface area contributed by atoms with E-state index < -0.39 is 17.3 Å². The zero-order valence-corrected chi connectivity index (χ0v) is 8.57. The van der Waals surface area contributed by atoms with Gasteiger partial charge in [0.1, 0.15) is 5.54 Å². The van der Waals surface area contributed by atoms with E-state index in [4.69, 9.17) is 10.5 Å². The van der Waals surface area contributed by atoms with E-state index in [0.29, 0.717) is 13.0 Å². The van der Waals surface area contributed by atoms with E-state index >= 15 is 0 Å². The zero-order chi connectivity index (χ0) is 11.6. The highest BCUT2D eigenvalue weighted by Crippen LogP contribution is 2.19. The van der Waals surface area contributed by atoms with Gasteiger partial charge in [-0.05, 0) is 12.5 Å². The van der Waals surface area contributed by atoms with Crippen LogP contribution in [-0.4, -0.2) is 29.6 Å². The molecule has 1 aromatic rings. The molecule has 0 bridgehead atoms. The van der Waals surface area contributed by atoms with Crippen LogP contribution in [0.3, 0.4) is 0 Å². The Kier molecular flexibility index (Phi) is 2.84.